The number of carbonyl (C=O) groups excluding carboxylic acids is 1. The zero-order valence-corrected chi connectivity index (χ0v) is 14.4. The molecular weight excluding hydrogens is 327 g/mol. The number of piperidine rings is 1. The van der Waals surface area contributed by atoms with Crippen LogP contribution < -0.4 is 0 Å². The molecule has 0 aliphatic carbocycles. The monoisotopic (exact) mass is 348 g/mol. The van der Waals surface area contributed by atoms with E-state index in [0.717, 1.165) is 12.6 Å². The lowest BCUT2D eigenvalue weighted by atomic mass is 9.75. The van der Waals surface area contributed by atoms with Gasteiger partial charge in [0.15, 0.2) is 11.6 Å². The van der Waals surface area contributed by atoms with E-state index in [1.165, 1.54) is 12.3 Å². The topological polar surface area (TPSA) is 81.4 Å². The Kier molecular flexibility index (Phi) is 5.08. The van der Waals surface area contributed by atoms with Gasteiger partial charge in [0.25, 0.3) is 5.91 Å². The number of amides is 1. The van der Waals surface area contributed by atoms with Gasteiger partial charge in [0.2, 0.25) is 5.89 Å². The molecule has 1 fully saturated rings. The maximum atomic E-state index is 13.8. The third kappa shape index (κ3) is 3.53. The summed E-state index contributed by atoms with van der Waals surface area (Å²) < 4.78 is 24.2. The molecule has 7 nitrogen and oxygen atoms in total. The highest BCUT2D eigenvalue weighted by Crippen LogP contribution is 2.37. The normalized spacial score (nSPS) is 16.8. The van der Waals surface area contributed by atoms with Crippen LogP contribution in [0.15, 0.2) is 23.0 Å². The van der Waals surface area contributed by atoms with Crippen molar-refractivity contribution in [3.63, 3.8) is 0 Å². The SMILES string of the molecule is COCCC1(c2noc(C)n2)CCN(C(=O)c2ccncc2F)CC1. The molecule has 0 N–H and O–H groups in total. The van der Waals surface area contributed by atoms with Crippen LogP contribution in [0.4, 0.5) is 4.39 Å². The van der Waals surface area contributed by atoms with E-state index in [9.17, 15) is 9.18 Å². The smallest absolute Gasteiger partial charge is 0.256 e. The average molecular weight is 348 g/mol. The van der Waals surface area contributed by atoms with Crippen LogP contribution in [0.1, 0.15) is 41.3 Å². The Morgan fingerprint density at radius 1 is 1.44 bits per heavy atom. The van der Waals surface area contributed by atoms with Gasteiger partial charge < -0.3 is 14.2 Å². The molecule has 1 saturated heterocycles. The first-order valence-corrected chi connectivity index (χ1v) is 8.24. The number of nitrogens with zero attached hydrogens (tertiary/aromatic N) is 4. The van der Waals surface area contributed by atoms with Crippen LogP contribution in [0.5, 0.6) is 0 Å². The number of carbonyl (C=O) groups is 1. The summed E-state index contributed by atoms with van der Waals surface area (Å²) in [5.41, 5.74) is -0.240. The van der Waals surface area contributed by atoms with Gasteiger partial charge in [-0.1, -0.05) is 5.16 Å². The van der Waals surface area contributed by atoms with Gasteiger partial charge in [0.1, 0.15) is 0 Å². The Morgan fingerprint density at radius 2 is 2.20 bits per heavy atom. The standard InChI is InChI=1S/C17H21FN4O3/c1-12-20-16(21-25-12)17(6-10-24-2)4-8-22(9-5-17)15(23)13-3-7-19-11-14(13)18/h3,7,11H,4-6,8-10H2,1-2H3. The molecule has 0 spiro atoms. The number of likely N-dealkylation sites (tertiary alicyclic amines) is 1. The van der Waals surface area contributed by atoms with E-state index >= 15 is 0 Å². The van der Waals surface area contributed by atoms with Crippen LogP contribution in [-0.2, 0) is 10.2 Å². The van der Waals surface area contributed by atoms with E-state index < -0.39 is 5.82 Å². The van der Waals surface area contributed by atoms with Gasteiger partial charge in [-0.25, -0.2) is 4.39 Å². The number of ether oxygens (including phenoxy) is 1. The quantitative estimate of drug-likeness (QED) is 0.823. The fraction of sp³-hybridized carbons (Fsp3) is 0.529. The van der Waals surface area contributed by atoms with Crippen molar-refractivity contribution in [3.05, 3.63) is 41.6 Å². The van der Waals surface area contributed by atoms with Gasteiger partial charge in [-0.2, -0.15) is 4.98 Å². The van der Waals surface area contributed by atoms with Crippen LogP contribution in [0.3, 0.4) is 0 Å². The number of rotatable bonds is 5. The second-order valence-corrected chi connectivity index (χ2v) is 6.31. The van der Waals surface area contributed by atoms with E-state index in [4.69, 9.17) is 9.26 Å². The molecular formula is C17H21FN4O3. The second kappa shape index (κ2) is 7.26. The molecule has 2 aromatic rings. The predicted octanol–water partition coefficient (Wildman–Crippen LogP) is 2.12. The van der Waals surface area contributed by atoms with E-state index in [0.29, 0.717) is 44.3 Å². The van der Waals surface area contributed by atoms with Crippen molar-refractivity contribution < 1.29 is 18.4 Å². The summed E-state index contributed by atoms with van der Waals surface area (Å²) in [6.45, 7) is 3.32. The highest BCUT2D eigenvalue weighted by molar-refractivity contribution is 5.94. The Bertz CT molecular complexity index is 741. The summed E-state index contributed by atoms with van der Waals surface area (Å²) in [6, 6.07) is 1.41. The first kappa shape index (κ1) is 17.5. The number of hydrogen-bond acceptors (Lipinski definition) is 6. The average Bonchev–Trinajstić information content (AvgIpc) is 3.07. The summed E-state index contributed by atoms with van der Waals surface area (Å²) in [4.78, 5) is 22.3. The number of methoxy groups -OCH3 is 1. The van der Waals surface area contributed by atoms with Crippen LogP contribution >= 0.6 is 0 Å². The summed E-state index contributed by atoms with van der Waals surface area (Å²) in [5, 5.41) is 4.09. The van der Waals surface area contributed by atoms with Gasteiger partial charge in [-0.3, -0.25) is 9.78 Å². The first-order valence-electron chi connectivity index (χ1n) is 8.24. The number of hydrogen-bond donors (Lipinski definition) is 0. The molecule has 0 bridgehead atoms. The lowest BCUT2D eigenvalue weighted by molar-refractivity contribution is 0.0611. The van der Waals surface area contributed by atoms with Gasteiger partial charge in [0, 0.05) is 45.3 Å². The van der Waals surface area contributed by atoms with Gasteiger partial charge in [-0.05, 0) is 25.3 Å². The molecule has 134 valence electrons. The van der Waals surface area contributed by atoms with Crippen molar-refractivity contribution in [1.82, 2.24) is 20.0 Å². The van der Waals surface area contributed by atoms with Crippen molar-refractivity contribution >= 4 is 5.91 Å². The van der Waals surface area contributed by atoms with Crippen LogP contribution in [-0.4, -0.2) is 52.7 Å². The molecule has 0 unspecified atom stereocenters. The van der Waals surface area contributed by atoms with Crippen LogP contribution in [0, 0.1) is 12.7 Å². The van der Waals surface area contributed by atoms with Crippen molar-refractivity contribution in [3.8, 4) is 0 Å². The van der Waals surface area contributed by atoms with E-state index in [2.05, 4.69) is 15.1 Å². The zero-order valence-electron chi connectivity index (χ0n) is 14.4. The molecule has 3 heterocycles. The summed E-state index contributed by atoms with van der Waals surface area (Å²) in [7, 11) is 1.65. The Balaban J connectivity index is 1.75. The second-order valence-electron chi connectivity index (χ2n) is 6.31. The van der Waals surface area contributed by atoms with E-state index in [1.807, 2.05) is 0 Å². The van der Waals surface area contributed by atoms with Gasteiger partial charge in [-0.15, -0.1) is 0 Å². The molecule has 0 atom stereocenters. The molecule has 3 rings (SSSR count). The minimum Gasteiger partial charge on any atom is -0.385 e. The Morgan fingerprint density at radius 3 is 2.80 bits per heavy atom. The predicted molar refractivity (Wildman–Crippen MR) is 86.5 cm³/mol. The Hall–Kier alpha value is -2.35. The molecule has 1 aliphatic heterocycles. The first-order chi connectivity index (χ1) is 12.1. The molecule has 0 radical (unpaired) electrons. The molecule has 0 aromatic carbocycles. The van der Waals surface area contributed by atoms with Crippen LogP contribution in [0.25, 0.3) is 0 Å². The minimum absolute atomic E-state index is 0.0507. The number of aromatic nitrogens is 3. The van der Waals surface area contributed by atoms with Crippen molar-refractivity contribution in [1.29, 1.82) is 0 Å². The third-order valence-electron chi connectivity index (χ3n) is 4.80. The third-order valence-corrected chi connectivity index (χ3v) is 4.80. The number of pyridine rings is 1. The minimum atomic E-state index is -0.600. The van der Waals surface area contributed by atoms with E-state index in [1.54, 1.807) is 18.9 Å². The summed E-state index contributed by atoms with van der Waals surface area (Å²) >= 11 is 0. The zero-order chi connectivity index (χ0) is 17.9. The molecule has 0 saturated carbocycles. The lowest BCUT2D eigenvalue weighted by Gasteiger charge is -2.39. The fourth-order valence-corrected chi connectivity index (χ4v) is 3.25. The lowest BCUT2D eigenvalue weighted by Crippen LogP contribution is -2.46. The molecule has 8 heteroatoms. The highest BCUT2D eigenvalue weighted by atomic mass is 19.1. The fourth-order valence-electron chi connectivity index (χ4n) is 3.25. The molecule has 2 aromatic heterocycles. The summed E-state index contributed by atoms with van der Waals surface area (Å²) in [6.07, 6.45) is 4.57. The molecule has 1 aliphatic rings. The van der Waals surface area contributed by atoms with Gasteiger partial charge >= 0.3 is 0 Å². The largest absolute Gasteiger partial charge is 0.385 e. The Labute approximate surface area is 145 Å². The molecule has 25 heavy (non-hydrogen) atoms. The summed E-state index contributed by atoms with van der Waals surface area (Å²) in [5.74, 6) is 0.260. The maximum Gasteiger partial charge on any atom is 0.256 e. The highest BCUT2D eigenvalue weighted by Gasteiger charge is 2.41. The van der Waals surface area contributed by atoms with Crippen LogP contribution in [0.2, 0.25) is 0 Å². The van der Waals surface area contributed by atoms with E-state index in [-0.39, 0.29) is 16.9 Å². The van der Waals surface area contributed by atoms with Crippen molar-refractivity contribution in [2.75, 3.05) is 26.8 Å². The van der Waals surface area contributed by atoms with Crippen molar-refractivity contribution in [2.45, 2.75) is 31.6 Å². The van der Waals surface area contributed by atoms with Gasteiger partial charge in [0.05, 0.1) is 11.8 Å². The van der Waals surface area contributed by atoms with Crippen molar-refractivity contribution in [2.24, 2.45) is 0 Å². The molecule has 1 amide bonds. The number of aryl methyl sites for hydroxylation is 1. The maximum absolute atomic E-state index is 13.8. The number of halogens is 1.